The fraction of sp³-hybridized carbons (Fsp3) is 0. The normalized spacial score (nSPS) is 10.5. The molecule has 0 spiro atoms. The molecule has 0 aliphatic rings. The first kappa shape index (κ1) is 62.1. The molecule has 12 N–H and O–H groups in total. The van der Waals surface area contributed by atoms with Gasteiger partial charge in [-0.2, -0.15) is 0 Å². The average Bonchev–Trinajstić information content (AvgIpc) is 2.44. The van der Waals surface area contributed by atoms with Crippen LogP contribution in [0.4, 0.5) is 114 Å². The minimum Gasteiger partial charge on any atom is -0.308 e. The first-order valence-corrected chi connectivity index (χ1v) is 27.9. The maximum atomic E-state index is 13.4. The lowest BCUT2D eigenvalue weighted by Crippen LogP contribution is -2.23. The number of nitrogens with one attached hydrogen (secondary N) is 12. The van der Waals surface area contributed by atoms with Gasteiger partial charge in [0.05, 0.1) is 48.9 Å². The van der Waals surface area contributed by atoms with Crippen LogP contribution < -0.4 is 63.8 Å². The number of hydrogen-bond acceptors (Lipinski definition) is 12. The number of anilines is 12. The van der Waals surface area contributed by atoms with Gasteiger partial charge in [-0.3, -0.25) is 30.3 Å². The summed E-state index contributed by atoms with van der Waals surface area (Å²) in [5.41, 5.74) is 8.06. The number of para-hydroxylation sites is 6. The second kappa shape index (κ2) is 28.7. The van der Waals surface area contributed by atoms with E-state index in [1.54, 1.807) is 109 Å². The van der Waals surface area contributed by atoms with E-state index < -0.39 is 51.0 Å². The summed E-state index contributed by atoms with van der Waals surface area (Å²) in [6, 6.07) is 58.8. The number of carbonyl (C=O) groups is 6. The number of benzene rings is 10. The zero-order valence-corrected chi connectivity index (χ0v) is 48.3. The van der Waals surface area contributed by atoms with Gasteiger partial charge in [-0.15, -0.1) is 0 Å². The molecule has 93 heavy (non-hydrogen) atoms. The van der Waals surface area contributed by atoms with E-state index in [1.165, 1.54) is 72.8 Å². The highest BCUT2D eigenvalue weighted by atomic mass is 16.6. The van der Waals surface area contributed by atoms with Crippen molar-refractivity contribution in [2.24, 2.45) is 0 Å². The van der Waals surface area contributed by atoms with E-state index in [2.05, 4.69) is 63.8 Å². The van der Waals surface area contributed by atoms with Crippen LogP contribution in [-0.4, -0.2) is 51.0 Å². The maximum Gasteiger partial charge on any atom is 0.323 e. The SMILES string of the molecule is O=C(Nc1ccc(-c2cc(-c3ccc(NC(=O)Nc4ccccc4NC(=O)Nc4ccc([N+](=O)[O-])cc4)cc3)cc(-c3ccc(NC(=O)Nc4ccccc4NC(=O)Nc4ccc([N+](=O)[O-])cc4)cc3)c2)cc1)Nc1ccccc1NC(=O)Nc1ccc([N+](=O)[O-])cc1. The number of amides is 12. The summed E-state index contributed by atoms with van der Waals surface area (Å²) < 4.78 is 0. The second-order valence-corrected chi connectivity index (χ2v) is 20.1. The molecular formula is C66H51N15O12. The molecule has 0 bridgehead atoms. The lowest BCUT2D eigenvalue weighted by Gasteiger charge is -2.15. The van der Waals surface area contributed by atoms with Crippen molar-refractivity contribution < 1.29 is 43.5 Å². The summed E-state index contributed by atoms with van der Waals surface area (Å²) in [7, 11) is 0. The van der Waals surface area contributed by atoms with Crippen LogP contribution in [0.3, 0.4) is 0 Å². The smallest absolute Gasteiger partial charge is 0.308 e. The van der Waals surface area contributed by atoms with E-state index in [0.717, 1.165) is 33.4 Å². The molecule has 0 radical (unpaired) electrons. The Kier molecular flexibility index (Phi) is 19.2. The predicted octanol–water partition coefficient (Wildman–Crippen LogP) is 16.3. The van der Waals surface area contributed by atoms with Crippen molar-refractivity contribution in [1.82, 2.24) is 0 Å². The third-order valence-corrected chi connectivity index (χ3v) is 13.6. The van der Waals surface area contributed by atoms with E-state index in [-0.39, 0.29) is 51.2 Å². The zero-order valence-electron chi connectivity index (χ0n) is 48.3. The molecule has 0 aromatic heterocycles. The summed E-state index contributed by atoms with van der Waals surface area (Å²) in [4.78, 5) is 110. The van der Waals surface area contributed by atoms with Gasteiger partial charge in [0.1, 0.15) is 0 Å². The van der Waals surface area contributed by atoms with Gasteiger partial charge in [0.15, 0.2) is 0 Å². The Bertz CT molecular complexity index is 4020. The average molecular weight is 1250 g/mol. The molecule has 10 aromatic rings. The Morgan fingerprint density at radius 2 is 0.376 bits per heavy atom. The molecule has 0 saturated carbocycles. The largest absolute Gasteiger partial charge is 0.323 e. The zero-order chi connectivity index (χ0) is 65.4. The van der Waals surface area contributed by atoms with Crippen LogP contribution in [-0.2, 0) is 0 Å². The number of nitrogens with zero attached hydrogens (tertiary/aromatic N) is 3. The van der Waals surface area contributed by atoms with E-state index >= 15 is 0 Å². The van der Waals surface area contributed by atoms with Crippen molar-refractivity contribution in [1.29, 1.82) is 0 Å². The monoisotopic (exact) mass is 1250 g/mol. The van der Waals surface area contributed by atoms with E-state index in [0.29, 0.717) is 34.1 Å². The van der Waals surface area contributed by atoms with Crippen molar-refractivity contribution in [2.45, 2.75) is 0 Å². The second-order valence-electron chi connectivity index (χ2n) is 20.1. The highest BCUT2D eigenvalue weighted by Gasteiger charge is 2.17. The molecule has 10 aromatic carbocycles. The minimum atomic E-state index is -0.654. The molecule has 462 valence electrons. The number of nitro groups is 3. The van der Waals surface area contributed by atoms with Crippen molar-refractivity contribution >= 4 is 121 Å². The lowest BCUT2D eigenvalue weighted by atomic mass is 9.93. The summed E-state index contributed by atoms with van der Waals surface area (Å²) in [5.74, 6) is 0. The van der Waals surface area contributed by atoms with Crippen LogP contribution in [0.2, 0.25) is 0 Å². The van der Waals surface area contributed by atoms with Gasteiger partial charge in [-0.1, -0.05) is 72.8 Å². The van der Waals surface area contributed by atoms with Crippen molar-refractivity contribution in [2.75, 3.05) is 63.8 Å². The molecular weight excluding hydrogens is 1190 g/mol. The maximum absolute atomic E-state index is 13.4. The molecule has 0 fully saturated rings. The van der Waals surface area contributed by atoms with Crippen molar-refractivity contribution in [3.8, 4) is 33.4 Å². The predicted molar refractivity (Wildman–Crippen MR) is 357 cm³/mol. The highest BCUT2D eigenvalue weighted by Crippen LogP contribution is 2.35. The van der Waals surface area contributed by atoms with E-state index in [9.17, 15) is 59.1 Å². The summed E-state index contributed by atoms with van der Waals surface area (Å²) in [6.45, 7) is 0. The Hall–Kier alpha value is -14.0. The van der Waals surface area contributed by atoms with Gasteiger partial charge in [0, 0.05) is 70.5 Å². The fourth-order valence-electron chi connectivity index (χ4n) is 9.18. The molecule has 0 aliphatic carbocycles. The molecule has 0 atom stereocenters. The Balaban J connectivity index is 0.830. The van der Waals surface area contributed by atoms with Crippen LogP contribution in [0.15, 0.2) is 237 Å². The Morgan fingerprint density at radius 3 is 0.538 bits per heavy atom. The molecule has 0 aliphatic heterocycles. The van der Waals surface area contributed by atoms with Gasteiger partial charge in [0.25, 0.3) is 17.1 Å². The quantitative estimate of drug-likeness (QED) is 0.0282. The molecule has 0 heterocycles. The molecule has 0 saturated heterocycles. The minimum absolute atomic E-state index is 0.139. The molecule has 27 heteroatoms. The van der Waals surface area contributed by atoms with Gasteiger partial charge in [0.2, 0.25) is 0 Å². The summed E-state index contributed by atoms with van der Waals surface area (Å²) in [5, 5.41) is 65.7. The van der Waals surface area contributed by atoms with E-state index in [1.807, 2.05) is 54.6 Å². The van der Waals surface area contributed by atoms with Gasteiger partial charge in [-0.05, 0) is 161 Å². The van der Waals surface area contributed by atoms with Crippen molar-refractivity contribution in [3.05, 3.63) is 267 Å². The topological polar surface area (TPSA) is 376 Å². The number of carbonyl (C=O) groups excluding carboxylic acids is 6. The Labute approximate surface area is 527 Å². The van der Waals surface area contributed by atoms with Crippen LogP contribution in [0, 0.1) is 30.3 Å². The van der Waals surface area contributed by atoms with Crippen LogP contribution in [0.25, 0.3) is 33.4 Å². The first-order valence-electron chi connectivity index (χ1n) is 27.9. The third-order valence-electron chi connectivity index (χ3n) is 13.6. The molecule has 0 unspecified atom stereocenters. The number of urea groups is 6. The molecule has 12 amide bonds. The fourth-order valence-corrected chi connectivity index (χ4v) is 9.18. The highest BCUT2D eigenvalue weighted by molar-refractivity contribution is 6.09. The molecule has 10 rings (SSSR count). The summed E-state index contributed by atoms with van der Waals surface area (Å²) >= 11 is 0. The number of non-ortho nitro benzene ring substituents is 3. The van der Waals surface area contributed by atoms with Crippen molar-refractivity contribution in [3.63, 3.8) is 0 Å². The van der Waals surface area contributed by atoms with Crippen LogP contribution in [0.5, 0.6) is 0 Å². The number of nitro benzene ring substituents is 3. The van der Waals surface area contributed by atoms with Gasteiger partial charge >= 0.3 is 36.2 Å². The third kappa shape index (κ3) is 17.0. The van der Waals surface area contributed by atoms with Crippen LogP contribution in [0.1, 0.15) is 0 Å². The van der Waals surface area contributed by atoms with Crippen LogP contribution >= 0.6 is 0 Å². The first-order chi connectivity index (χ1) is 44.9. The van der Waals surface area contributed by atoms with Gasteiger partial charge < -0.3 is 63.8 Å². The number of hydrogen-bond donors (Lipinski definition) is 12. The summed E-state index contributed by atoms with van der Waals surface area (Å²) in [6.07, 6.45) is 0. The van der Waals surface area contributed by atoms with E-state index in [4.69, 9.17) is 0 Å². The van der Waals surface area contributed by atoms with Gasteiger partial charge in [-0.25, -0.2) is 28.8 Å². The molecule has 27 nitrogen and oxygen atoms in total. The lowest BCUT2D eigenvalue weighted by molar-refractivity contribution is -0.385. The standard InChI is InChI=1S/C66H51N15O12/c82-61(73-55-7-1-4-10-58(55)76-64(85)70-49-25-31-52(32-26-49)79(88)89)67-46-19-13-40(14-20-46)43-37-44(41-15-21-47(22-16-41)68-62(83)74-56-8-2-5-11-59(56)77-65(86)71-50-27-33-53(34-28-50)80(90)91)39-45(38-43)42-17-23-48(24-18-42)69-63(84)75-57-9-3-6-12-60(57)78-66(87)72-51-29-35-54(36-30-51)81(92)93/h1-39H,(H2,67,73,82)(H2,68,74,83)(H2,69,75,84)(H2,70,76,85)(H2,71,77,86)(H2,72,78,87). The number of rotatable bonds is 18. The Morgan fingerprint density at radius 1 is 0.215 bits per heavy atom.